The number of hydrogen-bond donors (Lipinski definition) is 1. The number of nitrogens with zero attached hydrogens (tertiary/aromatic N) is 2. The first kappa shape index (κ1) is 13.9. The van der Waals surface area contributed by atoms with Gasteiger partial charge in [-0.3, -0.25) is 4.79 Å². The number of aryl methyl sites for hydroxylation is 2. The summed E-state index contributed by atoms with van der Waals surface area (Å²) in [5, 5.41) is 0.619. The van der Waals surface area contributed by atoms with Crippen molar-refractivity contribution in [3.05, 3.63) is 40.0 Å². The number of thioether (sulfide) groups is 1. The van der Waals surface area contributed by atoms with E-state index in [0.29, 0.717) is 11.0 Å². The Bertz CT molecular complexity index is 606. The van der Waals surface area contributed by atoms with E-state index in [1.54, 1.807) is 12.3 Å². The van der Waals surface area contributed by atoms with Crippen molar-refractivity contribution >= 4 is 11.8 Å². The minimum absolute atomic E-state index is 0.00808. The Morgan fingerprint density at radius 2 is 2.32 bits per heavy atom. The van der Waals surface area contributed by atoms with Crippen LogP contribution in [0.3, 0.4) is 0 Å². The maximum Gasteiger partial charge on any atom is 0.251 e. The zero-order valence-corrected chi connectivity index (χ0v) is 12.1. The zero-order valence-electron chi connectivity index (χ0n) is 11.3. The van der Waals surface area contributed by atoms with Crippen LogP contribution in [0.5, 0.6) is 0 Å². The summed E-state index contributed by atoms with van der Waals surface area (Å²) in [5.74, 6) is 1.43. The van der Waals surface area contributed by atoms with Gasteiger partial charge in [-0.25, -0.2) is 9.97 Å². The normalized spacial score (nSPS) is 12.6. The fraction of sp³-hybridized carbons (Fsp3) is 0.462. The lowest BCUT2D eigenvalue weighted by Gasteiger charge is -2.07. The molecular weight excluding hydrogens is 262 g/mol. The van der Waals surface area contributed by atoms with Gasteiger partial charge in [0.1, 0.15) is 5.76 Å². The lowest BCUT2D eigenvalue weighted by atomic mass is 10.2. The zero-order chi connectivity index (χ0) is 13.8. The fourth-order valence-electron chi connectivity index (χ4n) is 1.70. The minimum atomic E-state index is -0.114. The summed E-state index contributed by atoms with van der Waals surface area (Å²) in [4.78, 5) is 22.9. The number of rotatable bonds is 5. The van der Waals surface area contributed by atoms with Crippen LogP contribution in [-0.2, 0) is 6.42 Å². The molecule has 2 aromatic heterocycles. The summed E-state index contributed by atoms with van der Waals surface area (Å²) in [6, 6.07) is 1.55. The van der Waals surface area contributed by atoms with Crippen molar-refractivity contribution < 1.29 is 4.42 Å². The van der Waals surface area contributed by atoms with Gasteiger partial charge in [0.2, 0.25) is 5.89 Å². The molecule has 2 rings (SSSR count). The van der Waals surface area contributed by atoms with E-state index < -0.39 is 0 Å². The highest BCUT2D eigenvalue weighted by Crippen LogP contribution is 2.31. The van der Waals surface area contributed by atoms with Crippen LogP contribution in [0, 0.1) is 6.92 Å². The van der Waals surface area contributed by atoms with Crippen LogP contribution in [0.1, 0.15) is 42.9 Å². The predicted molar refractivity (Wildman–Crippen MR) is 74.4 cm³/mol. The van der Waals surface area contributed by atoms with E-state index >= 15 is 0 Å². The lowest BCUT2D eigenvalue weighted by Crippen LogP contribution is -2.10. The number of aromatic amines is 1. The highest BCUT2D eigenvalue weighted by molar-refractivity contribution is 7.99. The molecule has 0 spiro atoms. The molecule has 1 atom stereocenters. The summed E-state index contributed by atoms with van der Waals surface area (Å²) < 4.78 is 5.47. The number of hydrogen-bond acceptors (Lipinski definition) is 5. The molecule has 5 nitrogen and oxygen atoms in total. The van der Waals surface area contributed by atoms with E-state index in [0.717, 1.165) is 24.3 Å². The van der Waals surface area contributed by atoms with Crippen LogP contribution < -0.4 is 5.56 Å². The molecule has 0 amide bonds. The molecule has 0 aliphatic heterocycles. The Hall–Kier alpha value is -1.56. The van der Waals surface area contributed by atoms with Gasteiger partial charge in [0.15, 0.2) is 5.16 Å². The number of oxazole rings is 1. The Kier molecular flexibility index (Phi) is 4.42. The SMILES string of the molecule is CCCc1cc(=O)[nH]c(S[C@H](C)c2ncc(C)o2)n1. The molecule has 0 aliphatic carbocycles. The third-order valence-electron chi connectivity index (χ3n) is 2.55. The highest BCUT2D eigenvalue weighted by atomic mass is 32.2. The molecule has 1 N–H and O–H groups in total. The van der Waals surface area contributed by atoms with Crippen molar-refractivity contribution in [1.29, 1.82) is 0 Å². The Morgan fingerprint density at radius 1 is 1.53 bits per heavy atom. The summed E-state index contributed by atoms with van der Waals surface area (Å²) >= 11 is 1.44. The monoisotopic (exact) mass is 279 g/mol. The number of aromatic nitrogens is 3. The predicted octanol–water partition coefficient (Wildman–Crippen LogP) is 2.87. The van der Waals surface area contributed by atoms with Gasteiger partial charge in [0, 0.05) is 11.8 Å². The molecule has 0 saturated heterocycles. The van der Waals surface area contributed by atoms with Gasteiger partial charge < -0.3 is 9.40 Å². The summed E-state index contributed by atoms with van der Waals surface area (Å²) in [7, 11) is 0. The highest BCUT2D eigenvalue weighted by Gasteiger charge is 2.14. The van der Waals surface area contributed by atoms with E-state index in [-0.39, 0.29) is 10.8 Å². The summed E-state index contributed by atoms with van der Waals surface area (Å²) in [5.41, 5.74) is 0.710. The van der Waals surface area contributed by atoms with Crippen molar-refractivity contribution in [2.75, 3.05) is 0 Å². The lowest BCUT2D eigenvalue weighted by molar-refractivity contribution is 0.474. The van der Waals surface area contributed by atoms with Crippen LogP contribution in [0.15, 0.2) is 26.6 Å². The molecule has 19 heavy (non-hydrogen) atoms. The van der Waals surface area contributed by atoms with Crippen LogP contribution in [0.4, 0.5) is 0 Å². The Labute approximate surface area is 115 Å². The van der Waals surface area contributed by atoms with Crippen molar-refractivity contribution in [2.24, 2.45) is 0 Å². The molecule has 2 aromatic rings. The van der Waals surface area contributed by atoms with Crippen LogP contribution in [0.25, 0.3) is 0 Å². The first-order valence-corrected chi connectivity index (χ1v) is 7.15. The first-order chi connectivity index (χ1) is 9.08. The van der Waals surface area contributed by atoms with Gasteiger partial charge in [0.25, 0.3) is 5.56 Å². The molecule has 6 heteroatoms. The third kappa shape index (κ3) is 3.70. The maximum atomic E-state index is 11.6. The average Bonchev–Trinajstić information content (AvgIpc) is 2.75. The fourth-order valence-corrected chi connectivity index (χ4v) is 2.58. The summed E-state index contributed by atoms with van der Waals surface area (Å²) in [6.45, 7) is 5.90. The van der Waals surface area contributed by atoms with Crippen molar-refractivity contribution in [3.8, 4) is 0 Å². The Balaban J connectivity index is 2.16. The number of H-pyrrole nitrogens is 1. The second-order valence-corrected chi connectivity index (χ2v) is 5.69. The molecule has 0 aliphatic rings. The maximum absolute atomic E-state index is 11.6. The average molecular weight is 279 g/mol. The van der Waals surface area contributed by atoms with Gasteiger partial charge in [-0.2, -0.15) is 0 Å². The molecule has 102 valence electrons. The molecule has 0 aromatic carbocycles. The quantitative estimate of drug-likeness (QED) is 0.673. The smallest absolute Gasteiger partial charge is 0.251 e. The molecule has 0 saturated carbocycles. The third-order valence-corrected chi connectivity index (χ3v) is 3.53. The molecule has 2 heterocycles. The van der Waals surface area contributed by atoms with Gasteiger partial charge in [-0.05, 0) is 20.3 Å². The second kappa shape index (κ2) is 6.06. The minimum Gasteiger partial charge on any atom is -0.445 e. The molecule has 0 radical (unpaired) electrons. The van der Waals surface area contributed by atoms with Gasteiger partial charge in [-0.15, -0.1) is 0 Å². The second-order valence-electron chi connectivity index (χ2n) is 4.36. The first-order valence-electron chi connectivity index (χ1n) is 6.27. The van der Waals surface area contributed by atoms with E-state index in [4.69, 9.17) is 4.42 Å². The van der Waals surface area contributed by atoms with E-state index in [2.05, 4.69) is 21.9 Å². The number of nitrogens with one attached hydrogen (secondary N) is 1. The molecule has 0 fully saturated rings. The van der Waals surface area contributed by atoms with Gasteiger partial charge >= 0.3 is 0 Å². The van der Waals surface area contributed by atoms with Gasteiger partial charge in [-0.1, -0.05) is 25.1 Å². The van der Waals surface area contributed by atoms with E-state index in [9.17, 15) is 4.79 Å². The summed E-state index contributed by atoms with van der Waals surface area (Å²) in [6.07, 6.45) is 3.47. The Morgan fingerprint density at radius 3 is 2.95 bits per heavy atom. The van der Waals surface area contributed by atoms with E-state index in [1.165, 1.54) is 11.8 Å². The van der Waals surface area contributed by atoms with Crippen LogP contribution in [0.2, 0.25) is 0 Å². The standard InChI is InChI=1S/C13H17N3O2S/c1-4-5-10-6-11(17)16-13(15-10)19-9(3)12-14-7-8(2)18-12/h6-7,9H,4-5H2,1-3H3,(H,15,16,17)/t9-/m1/s1. The molecule has 0 bridgehead atoms. The topological polar surface area (TPSA) is 71.8 Å². The van der Waals surface area contributed by atoms with Crippen LogP contribution >= 0.6 is 11.8 Å². The van der Waals surface area contributed by atoms with Crippen molar-refractivity contribution in [2.45, 2.75) is 44.0 Å². The van der Waals surface area contributed by atoms with Crippen molar-refractivity contribution in [3.63, 3.8) is 0 Å². The molecule has 0 unspecified atom stereocenters. The van der Waals surface area contributed by atoms with Crippen molar-refractivity contribution in [1.82, 2.24) is 15.0 Å². The molecular formula is C13H17N3O2S. The van der Waals surface area contributed by atoms with E-state index in [1.807, 2.05) is 13.8 Å². The van der Waals surface area contributed by atoms with Crippen LogP contribution in [-0.4, -0.2) is 15.0 Å². The largest absolute Gasteiger partial charge is 0.445 e. The van der Waals surface area contributed by atoms with Gasteiger partial charge in [0.05, 0.1) is 11.4 Å².